The van der Waals surface area contributed by atoms with Crippen LogP contribution in [-0.4, -0.2) is 51.4 Å². The highest BCUT2D eigenvalue weighted by Crippen LogP contribution is 2.46. The molecule has 10 nitrogen and oxygen atoms in total. The van der Waals surface area contributed by atoms with Gasteiger partial charge >= 0.3 is 0 Å². The van der Waals surface area contributed by atoms with Crippen LogP contribution in [0.15, 0.2) is 90.5 Å². The number of nitrogens with zero attached hydrogens (tertiary/aromatic N) is 5. The van der Waals surface area contributed by atoms with Gasteiger partial charge in [-0.3, -0.25) is 9.23 Å². The molecule has 3 heterocycles. The highest BCUT2D eigenvalue weighted by molar-refractivity contribution is 7.86. The summed E-state index contributed by atoms with van der Waals surface area (Å²) in [5, 5.41) is 15.3. The first kappa shape index (κ1) is 28.6. The molecule has 1 aliphatic carbocycles. The van der Waals surface area contributed by atoms with E-state index in [1.165, 1.54) is 6.33 Å². The highest BCUT2D eigenvalue weighted by atomic mass is 32.2. The van der Waals surface area contributed by atoms with Crippen molar-refractivity contribution in [1.29, 1.82) is 5.26 Å². The van der Waals surface area contributed by atoms with E-state index < -0.39 is 16.2 Å². The van der Waals surface area contributed by atoms with Crippen molar-refractivity contribution >= 4 is 21.2 Å². The zero-order chi connectivity index (χ0) is 31.1. The summed E-state index contributed by atoms with van der Waals surface area (Å²) in [5.41, 5.74) is 8.46. The van der Waals surface area contributed by atoms with Crippen molar-refractivity contribution in [2.45, 2.75) is 30.2 Å². The Morgan fingerprint density at radius 3 is 2.78 bits per heavy atom. The molecular weight excluding hydrogens is 588 g/mol. The van der Waals surface area contributed by atoms with Crippen LogP contribution in [0, 0.1) is 11.3 Å². The lowest BCUT2D eigenvalue weighted by molar-refractivity contribution is 0.201. The van der Waals surface area contributed by atoms with Gasteiger partial charge in [0.2, 0.25) is 0 Å². The van der Waals surface area contributed by atoms with Crippen molar-refractivity contribution in [3.8, 4) is 39.6 Å². The third-order valence-electron chi connectivity index (χ3n) is 8.37. The zero-order valence-electron chi connectivity index (χ0n) is 24.3. The lowest BCUT2D eigenvalue weighted by Gasteiger charge is -2.20. The Morgan fingerprint density at radius 1 is 1.09 bits per heavy atom. The van der Waals surface area contributed by atoms with Gasteiger partial charge in [0.1, 0.15) is 16.9 Å². The van der Waals surface area contributed by atoms with Gasteiger partial charge in [-0.05, 0) is 70.0 Å². The number of hydrogen-bond donors (Lipinski definition) is 2. The predicted octanol–water partition coefficient (Wildman–Crippen LogP) is 6.00. The normalized spacial score (nSPS) is 13.0. The number of H-pyrrole nitrogens is 1. The molecule has 0 aliphatic heterocycles. The molecule has 3 aromatic carbocycles. The number of benzene rings is 3. The second kappa shape index (κ2) is 11.4. The van der Waals surface area contributed by atoms with Crippen LogP contribution < -0.4 is 0 Å². The van der Waals surface area contributed by atoms with Crippen molar-refractivity contribution in [1.82, 2.24) is 24.7 Å². The standard InChI is InChI=1S/C34H28N6O4S/c1-44-14-11-24-17-28-26-8-3-2-5-21(26)16-29(28)31(33(24)45(41,42)43)23-7-4-6-22(15-23)30(9-12-35)40-19-25(18-39-40)32-27-10-13-36-34(27)38-20-37-32/h2-8,10,13,15,17-20,30H,9,11,14,16H2,1H3,(H,36,37,38)(H,41,42,43). The summed E-state index contributed by atoms with van der Waals surface area (Å²) < 4.78 is 43.8. The first-order chi connectivity index (χ1) is 21.9. The Kier molecular flexibility index (Phi) is 7.25. The van der Waals surface area contributed by atoms with E-state index in [-0.39, 0.29) is 17.9 Å². The zero-order valence-corrected chi connectivity index (χ0v) is 25.1. The SMILES string of the molecule is COCCc1cc2c(c(-c3cccc(C(CC#N)n4cc(-c5ncnc6[nH]ccc56)cn4)c3)c1S(=O)(=O)O)Cc1ccccc1-2. The van der Waals surface area contributed by atoms with Gasteiger partial charge < -0.3 is 9.72 Å². The second-order valence-electron chi connectivity index (χ2n) is 11.0. The van der Waals surface area contributed by atoms with E-state index in [0.29, 0.717) is 35.2 Å². The highest BCUT2D eigenvalue weighted by Gasteiger charge is 2.31. The van der Waals surface area contributed by atoms with Gasteiger partial charge in [-0.1, -0.05) is 42.5 Å². The number of ether oxygens (including phenoxy) is 1. The Hall–Kier alpha value is -5.15. The molecule has 7 rings (SSSR count). The minimum atomic E-state index is -4.63. The molecular formula is C34H28N6O4S. The summed E-state index contributed by atoms with van der Waals surface area (Å²) in [5.74, 6) is 0. The Balaban J connectivity index is 1.38. The van der Waals surface area contributed by atoms with E-state index >= 15 is 0 Å². The van der Waals surface area contributed by atoms with Crippen LogP contribution >= 0.6 is 0 Å². The molecule has 224 valence electrons. The summed E-state index contributed by atoms with van der Waals surface area (Å²) in [4.78, 5) is 11.7. The van der Waals surface area contributed by atoms with Gasteiger partial charge in [-0.25, -0.2) is 9.97 Å². The van der Waals surface area contributed by atoms with Gasteiger partial charge in [-0.15, -0.1) is 0 Å². The minimum Gasteiger partial charge on any atom is -0.384 e. The minimum absolute atomic E-state index is 0.110. The van der Waals surface area contributed by atoms with Crippen LogP contribution in [0.4, 0.5) is 0 Å². The molecule has 3 aromatic heterocycles. The van der Waals surface area contributed by atoms with Crippen LogP contribution in [0.25, 0.3) is 44.5 Å². The van der Waals surface area contributed by atoms with E-state index in [0.717, 1.165) is 44.5 Å². The maximum atomic E-state index is 13.1. The largest absolute Gasteiger partial charge is 0.384 e. The monoisotopic (exact) mass is 616 g/mol. The van der Waals surface area contributed by atoms with Crippen molar-refractivity contribution < 1.29 is 17.7 Å². The topological polar surface area (TPSA) is 147 Å². The first-order valence-corrected chi connectivity index (χ1v) is 15.8. The van der Waals surface area contributed by atoms with Gasteiger partial charge in [0.05, 0.1) is 37.0 Å². The number of aromatic nitrogens is 5. The average molecular weight is 617 g/mol. The quantitative estimate of drug-likeness (QED) is 0.188. The molecule has 1 aliphatic rings. The fourth-order valence-corrected chi connectivity index (χ4v) is 7.38. The predicted molar refractivity (Wildman–Crippen MR) is 169 cm³/mol. The molecule has 1 atom stereocenters. The summed E-state index contributed by atoms with van der Waals surface area (Å²) in [7, 11) is -3.07. The molecule has 0 radical (unpaired) electrons. The molecule has 0 saturated heterocycles. The fourth-order valence-electron chi connectivity index (χ4n) is 6.39. The van der Waals surface area contributed by atoms with Crippen molar-refractivity contribution in [3.05, 3.63) is 108 Å². The summed E-state index contributed by atoms with van der Waals surface area (Å²) in [6.45, 7) is 0.287. The molecule has 0 fully saturated rings. The molecule has 2 N–H and O–H groups in total. The lowest BCUT2D eigenvalue weighted by Crippen LogP contribution is -2.12. The summed E-state index contributed by atoms with van der Waals surface area (Å²) in [6.07, 6.45) is 7.81. The van der Waals surface area contributed by atoms with Crippen LogP contribution in [0.3, 0.4) is 0 Å². The number of nitriles is 1. The van der Waals surface area contributed by atoms with Gasteiger partial charge in [0.25, 0.3) is 10.1 Å². The molecule has 11 heteroatoms. The molecule has 45 heavy (non-hydrogen) atoms. The number of fused-ring (bicyclic) bond motifs is 4. The molecule has 0 amide bonds. The number of aromatic amines is 1. The average Bonchev–Trinajstić information content (AvgIpc) is 3.80. The van der Waals surface area contributed by atoms with Crippen LogP contribution in [0.2, 0.25) is 0 Å². The number of hydrogen-bond acceptors (Lipinski definition) is 7. The van der Waals surface area contributed by atoms with Gasteiger partial charge in [0.15, 0.2) is 0 Å². The maximum absolute atomic E-state index is 13.1. The molecule has 1 unspecified atom stereocenters. The molecule has 0 saturated carbocycles. The van der Waals surface area contributed by atoms with E-state index in [1.807, 2.05) is 66.9 Å². The van der Waals surface area contributed by atoms with Crippen LogP contribution in [-0.2, 0) is 27.7 Å². The van der Waals surface area contributed by atoms with Gasteiger partial charge in [0, 0.05) is 36.0 Å². The first-order valence-electron chi connectivity index (χ1n) is 14.4. The van der Waals surface area contributed by atoms with Crippen molar-refractivity contribution in [3.63, 3.8) is 0 Å². The van der Waals surface area contributed by atoms with E-state index in [9.17, 15) is 18.2 Å². The van der Waals surface area contributed by atoms with Crippen LogP contribution in [0.1, 0.15) is 34.7 Å². The third kappa shape index (κ3) is 5.09. The number of nitrogens with one attached hydrogen (secondary N) is 1. The number of methoxy groups -OCH3 is 1. The summed E-state index contributed by atoms with van der Waals surface area (Å²) in [6, 6.07) is 21.1. The Bertz CT molecular complexity index is 2230. The van der Waals surface area contributed by atoms with Gasteiger partial charge in [-0.2, -0.15) is 18.8 Å². The van der Waals surface area contributed by atoms with Crippen LogP contribution in [0.5, 0.6) is 0 Å². The summed E-state index contributed by atoms with van der Waals surface area (Å²) >= 11 is 0. The smallest absolute Gasteiger partial charge is 0.295 e. The maximum Gasteiger partial charge on any atom is 0.295 e. The fraction of sp³-hybridized carbons (Fsp3) is 0.176. The lowest BCUT2D eigenvalue weighted by atomic mass is 9.90. The molecule has 0 spiro atoms. The Morgan fingerprint density at radius 2 is 1.96 bits per heavy atom. The van der Waals surface area contributed by atoms with E-state index in [4.69, 9.17) is 4.74 Å². The molecule has 0 bridgehead atoms. The van der Waals surface area contributed by atoms with Crippen molar-refractivity contribution in [2.75, 3.05) is 13.7 Å². The molecule has 6 aromatic rings. The van der Waals surface area contributed by atoms with E-state index in [1.54, 1.807) is 24.2 Å². The second-order valence-corrected chi connectivity index (χ2v) is 12.4. The van der Waals surface area contributed by atoms with E-state index in [2.05, 4.69) is 26.1 Å². The number of rotatable bonds is 9. The third-order valence-corrected chi connectivity index (χ3v) is 9.35. The van der Waals surface area contributed by atoms with Crippen molar-refractivity contribution in [2.24, 2.45) is 0 Å². The Labute approximate surface area is 259 Å².